The molecule has 5 aromatic rings. The molecule has 1 fully saturated rings. The fourth-order valence-electron chi connectivity index (χ4n) is 6.27. The number of rotatable bonds is 14. The number of oxime groups is 1. The smallest absolute Gasteiger partial charge is 0.213 e. The van der Waals surface area contributed by atoms with Crippen molar-refractivity contribution in [1.82, 2.24) is 9.88 Å². The summed E-state index contributed by atoms with van der Waals surface area (Å²) in [6.07, 6.45) is 2.82. The standard InChI is InChI=1S/C41H43N3O3S/c1-31(2)47-40-24-21-34(28-42-40)32(3)43-46-26-25-45-38-22-19-33(20-23-38)27-39-29-44(30-48-39)41(35-13-7-4-8-14-35,36-15-9-5-10-16-36)37-17-11-6-12-18-37/h4-24,28,31,39H,25-27,29-30H2,1-3H3. The molecule has 0 saturated carbocycles. The molecule has 1 unspecified atom stereocenters. The molecule has 6 rings (SSSR count). The Bertz CT molecular complexity index is 1640. The van der Waals surface area contributed by atoms with Crippen LogP contribution < -0.4 is 9.47 Å². The average molecular weight is 658 g/mol. The van der Waals surface area contributed by atoms with E-state index in [2.05, 4.69) is 130 Å². The molecule has 1 aromatic heterocycles. The van der Waals surface area contributed by atoms with E-state index in [1.54, 1.807) is 6.20 Å². The van der Waals surface area contributed by atoms with Gasteiger partial charge in [-0.2, -0.15) is 0 Å². The third kappa shape index (κ3) is 7.92. The van der Waals surface area contributed by atoms with Crippen molar-refractivity contribution in [3.05, 3.63) is 161 Å². The normalized spacial score (nSPS) is 15.4. The van der Waals surface area contributed by atoms with Gasteiger partial charge in [0.1, 0.15) is 12.4 Å². The minimum Gasteiger partial charge on any atom is -0.490 e. The van der Waals surface area contributed by atoms with Crippen LogP contribution in [-0.2, 0) is 16.8 Å². The zero-order valence-electron chi connectivity index (χ0n) is 27.9. The van der Waals surface area contributed by atoms with Crippen molar-refractivity contribution in [3.8, 4) is 11.6 Å². The molecule has 0 N–H and O–H groups in total. The minimum absolute atomic E-state index is 0.0847. The lowest BCUT2D eigenvalue weighted by atomic mass is 9.75. The number of ether oxygens (including phenoxy) is 2. The molecule has 0 amide bonds. The van der Waals surface area contributed by atoms with E-state index in [0.717, 1.165) is 35.9 Å². The van der Waals surface area contributed by atoms with Crippen molar-refractivity contribution < 1.29 is 14.3 Å². The average Bonchev–Trinajstić information content (AvgIpc) is 3.59. The van der Waals surface area contributed by atoms with Gasteiger partial charge in [-0.1, -0.05) is 108 Å². The lowest BCUT2D eigenvalue weighted by Crippen LogP contribution is -2.47. The van der Waals surface area contributed by atoms with Crippen LogP contribution >= 0.6 is 11.8 Å². The first kappa shape index (κ1) is 33.3. The van der Waals surface area contributed by atoms with E-state index in [9.17, 15) is 0 Å². The minimum atomic E-state index is -0.377. The second kappa shape index (κ2) is 16.0. The van der Waals surface area contributed by atoms with Gasteiger partial charge in [-0.25, -0.2) is 4.98 Å². The number of aromatic nitrogens is 1. The predicted octanol–water partition coefficient (Wildman–Crippen LogP) is 8.60. The summed E-state index contributed by atoms with van der Waals surface area (Å²) in [6, 6.07) is 45.1. The molecule has 1 aliphatic heterocycles. The molecule has 6 nitrogen and oxygen atoms in total. The van der Waals surface area contributed by atoms with Gasteiger partial charge < -0.3 is 14.3 Å². The van der Waals surface area contributed by atoms with Gasteiger partial charge in [-0.15, -0.1) is 11.8 Å². The Morgan fingerprint density at radius 2 is 1.42 bits per heavy atom. The van der Waals surface area contributed by atoms with Crippen LogP contribution in [0.5, 0.6) is 11.6 Å². The Morgan fingerprint density at radius 1 is 0.812 bits per heavy atom. The molecule has 1 aliphatic rings. The molecule has 2 heterocycles. The zero-order chi connectivity index (χ0) is 33.2. The molecular weight excluding hydrogens is 615 g/mol. The summed E-state index contributed by atoms with van der Waals surface area (Å²) in [6.45, 7) is 7.58. The van der Waals surface area contributed by atoms with Crippen molar-refractivity contribution in [2.45, 2.75) is 44.1 Å². The Hall–Kier alpha value is -4.59. The van der Waals surface area contributed by atoms with Gasteiger partial charge >= 0.3 is 0 Å². The van der Waals surface area contributed by atoms with Crippen LogP contribution in [0.3, 0.4) is 0 Å². The second-order valence-electron chi connectivity index (χ2n) is 12.2. The molecule has 0 aliphatic carbocycles. The van der Waals surface area contributed by atoms with E-state index in [1.807, 2.05) is 44.7 Å². The van der Waals surface area contributed by atoms with Gasteiger partial charge in [0.25, 0.3) is 0 Å². The number of nitrogens with zero attached hydrogens (tertiary/aromatic N) is 3. The number of hydrogen-bond donors (Lipinski definition) is 0. The summed E-state index contributed by atoms with van der Waals surface area (Å²) in [7, 11) is 0. The van der Waals surface area contributed by atoms with Gasteiger partial charge in [0.05, 0.1) is 17.4 Å². The Labute approximate surface area is 288 Å². The lowest BCUT2D eigenvalue weighted by molar-refractivity contribution is 0.107. The van der Waals surface area contributed by atoms with E-state index in [0.29, 0.717) is 24.3 Å². The van der Waals surface area contributed by atoms with Crippen molar-refractivity contribution >= 4 is 17.5 Å². The van der Waals surface area contributed by atoms with E-state index in [-0.39, 0.29) is 11.6 Å². The third-order valence-corrected chi connectivity index (χ3v) is 9.73. The summed E-state index contributed by atoms with van der Waals surface area (Å²) >= 11 is 2.04. The number of thioether (sulfide) groups is 1. The lowest BCUT2D eigenvalue weighted by Gasteiger charge is -2.43. The molecule has 0 bridgehead atoms. The Kier molecular flexibility index (Phi) is 11.1. The first-order chi connectivity index (χ1) is 23.5. The number of pyridine rings is 1. The van der Waals surface area contributed by atoms with Crippen LogP contribution in [0, 0.1) is 0 Å². The number of hydrogen-bond acceptors (Lipinski definition) is 7. The molecule has 1 atom stereocenters. The van der Waals surface area contributed by atoms with Gasteiger partial charge in [-0.3, -0.25) is 4.90 Å². The zero-order valence-corrected chi connectivity index (χ0v) is 28.7. The maximum absolute atomic E-state index is 5.94. The van der Waals surface area contributed by atoms with Crippen molar-refractivity contribution in [3.63, 3.8) is 0 Å². The molecule has 48 heavy (non-hydrogen) atoms. The highest BCUT2D eigenvalue weighted by Gasteiger charge is 2.45. The molecule has 246 valence electrons. The van der Waals surface area contributed by atoms with E-state index in [4.69, 9.17) is 14.3 Å². The molecular formula is C41H43N3O3S. The Balaban J connectivity index is 1.06. The first-order valence-corrected chi connectivity index (χ1v) is 17.6. The van der Waals surface area contributed by atoms with E-state index < -0.39 is 0 Å². The molecule has 1 saturated heterocycles. The topological polar surface area (TPSA) is 56.2 Å². The maximum Gasteiger partial charge on any atom is 0.213 e. The van der Waals surface area contributed by atoms with Crippen molar-refractivity contribution in [1.29, 1.82) is 0 Å². The third-order valence-electron chi connectivity index (χ3n) is 8.48. The molecule has 4 aromatic carbocycles. The second-order valence-corrected chi connectivity index (χ2v) is 13.5. The SMILES string of the molecule is CC(=NOCCOc1ccc(CC2CN(C(c3ccccc3)(c3ccccc3)c3ccccc3)CS2)cc1)c1ccc(OC(C)C)nc1. The highest BCUT2D eigenvalue weighted by atomic mass is 32.2. The molecule has 7 heteroatoms. The first-order valence-electron chi connectivity index (χ1n) is 16.6. The molecule has 0 radical (unpaired) electrons. The highest BCUT2D eigenvalue weighted by molar-refractivity contribution is 8.00. The van der Waals surface area contributed by atoms with E-state index in [1.165, 1.54) is 22.3 Å². The summed E-state index contributed by atoms with van der Waals surface area (Å²) < 4.78 is 11.5. The monoisotopic (exact) mass is 657 g/mol. The van der Waals surface area contributed by atoms with Crippen LogP contribution in [0.1, 0.15) is 48.6 Å². The van der Waals surface area contributed by atoms with Crippen LogP contribution in [0.15, 0.2) is 139 Å². The van der Waals surface area contributed by atoms with Gasteiger partial charge in [-0.05, 0) is 67.6 Å². The summed E-state index contributed by atoms with van der Waals surface area (Å²) in [5.41, 5.74) is 6.43. The van der Waals surface area contributed by atoms with Gasteiger partial charge in [0, 0.05) is 35.5 Å². The van der Waals surface area contributed by atoms with Crippen LogP contribution in [0.2, 0.25) is 0 Å². The maximum atomic E-state index is 5.94. The van der Waals surface area contributed by atoms with Crippen molar-refractivity contribution in [2.75, 3.05) is 25.6 Å². The van der Waals surface area contributed by atoms with Gasteiger partial charge in [0.2, 0.25) is 5.88 Å². The van der Waals surface area contributed by atoms with E-state index >= 15 is 0 Å². The molecule has 0 spiro atoms. The van der Waals surface area contributed by atoms with Crippen LogP contribution in [-0.4, -0.2) is 52.6 Å². The van der Waals surface area contributed by atoms with Crippen LogP contribution in [0.25, 0.3) is 0 Å². The Morgan fingerprint density at radius 3 is 1.96 bits per heavy atom. The summed E-state index contributed by atoms with van der Waals surface area (Å²) in [4.78, 5) is 12.5. The highest BCUT2D eigenvalue weighted by Crippen LogP contribution is 2.46. The van der Waals surface area contributed by atoms with Crippen molar-refractivity contribution in [2.24, 2.45) is 5.16 Å². The quantitative estimate of drug-likeness (QED) is 0.0516. The largest absolute Gasteiger partial charge is 0.490 e. The predicted molar refractivity (Wildman–Crippen MR) is 196 cm³/mol. The van der Waals surface area contributed by atoms with Crippen LogP contribution in [0.4, 0.5) is 0 Å². The summed E-state index contributed by atoms with van der Waals surface area (Å²) in [5.74, 6) is 2.37. The fourth-order valence-corrected chi connectivity index (χ4v) is 7.56. The van der Waals surface area contributed by atoms with Gasteiger partial charge in [0.15, 0.2) is 6.61 Å². The summed E-state index contributed by atoms with van der Waals surface area (Å²) in [5, 5.41) is 4.69. The number of benzene rings is 4. The fraction of sp³-hybridized carbons (Fsp3) is 0.268.